The maximum Gasteiger partial charge on any atom is 0.239 e. The molecular formula is C19H21ClN4OS. The van der Waals surface area contributed by atoms with Crippen LogP contribution in [0.3, 0.4) is 0 Å². The molecule has 1 aliphatic heterocycles. The molecule has 1 N–H and O–H groups in total. The van der Waals surface area contributed by atoms with E-state index in [-0.39, 0.29) is 5.91 Å². The first-order valence-electron chi connectivity index (χ1n) is 8.50. The van der Waals surface area contributed by atoms with Crippen molar-refractivity contribution in [1.29, 1.82) is 5.26 Å². The van der Waals surface area contributed by atoms with Gasteiger partial charge in [-0.2, -0.15) is 5.26 Å². The molecule has 2 aromatic rings. The molecule has 0 aliphatic carbocycles. The van der Waals surface area contributed by atoms with E-state index in [9.17, 15) is 10.1 Å². The highest BCUT2D eigenvalue weighted by molar-refractivity contribution is 7.16. The van der Waals surface area contributed by atoms with Gasteiger partial charge in [0.05, 0.1) is 12.1 Å². The zero-order valence-corrected chi connectivity index (χ0v) is 16.5. The fourth-order valence-electron chi connectivity index (χ4n) is 3.06. The lowest BCUT2D eigenvalue weighted by molar-refractivity contribution is -0.117. The van der Waals surface area contributed by atoms with E-state index < -0.39 is 0 Å². The van der Waals surface area contributed by atoms with Crippen LogP contribution in [-0.2, 0) is 4.79 Å². The first kappa shape index (κ1) is 18.7. The van der Waals surface area contributed by atoms with Gasteiger partial charge in [-0.3, -0.25) is 9.69 Å². The van der Waals surface area contributed by atoms with Crippen LogP contribution >= 0.6 is 22.9 Å². The summed E-state index contributed by atoms with van der Waals surface area (Å²) in [4.78, 5) is 17.9. The number of aryl methyl sites for hydroxylation is 1. The van der Waals surface area contributed by atoms with Crippen LogP contribution in [0.5, 0.6) is 0 Å². The van der Waals surface area contributed by atoms with E-state index in [1.54, 1.807) is 0 Å². The van der Waals surface area contributed by atoms with Crippen molar-refractivity contribution in [2.75, 3.05) is 42.9 Å². The van der Waals surface area contributed by atoms with E-state index >= 15 is 0 Å². The van der Waals surface area contributed by atoms with Gasteiger partial charge in [-0.1, -0.05) is 17.7 Å². The molecule has 2 heterocycles. The summed E-state index contributed by atoms with van der Waals surface area (Å²) in [5.74, 6) is -0.0704. The summed E-state index contributed by atoms with van der Waals surface area (Å²) in [6, 6.07) is 10.0. The van der Waals surface area contributed by atoms with Crippen LogP contribution in [0.25, 0.3) is 0 Å². The molecule has 0 bridgehead atoms. The minimum atomic E-state index is -0.0704. The Morgan fingerprint density at radius 2 is 2.04 bits per heavy atom. The maximum atomic E-state index is 12.4. The lowest BCUT2D eigenvalue weighted by Crippen LogP contribution is -2.48. The van der Waals surface area contributed by atoms with Crippen molar-refractivity contribution < 1.29 is 4.79 Å². The Bertz CT molecular complexity index is 850. The quantitative estimate of drug-likeness (QED) is 0.868. The standard InChI is InChI=1S/C19H21ClN4OS/c1-13-14(2)26-19(17(13)11-21)22-18(25)12-23-6-8-24(9-7-23)16-5-3-4-15(20)10-16/h3-5,10H,6-9,12H2,1-2H3,(H,22,25). The summed E-state index contributed by atoms with van der Waals surface area (Å²) < 4.78 is 0. The SMILES string of the molecule is Cc1sc(NC(=O)CN2CCN(c3cccc(Cl)c3)CC2)c(C#N)c1C. The highest BCUT2D eigenvalue weighted by Gasteiger charge is 2.21. The molecule has 1 amide bonds. The Kier molecular flexibility index (Phi) is 5.82. The molecule has 26 heavy (non-hydrogen) atoms. The van der Waals surface area contributed by atoms with E-state index in [0.29, 0.717) is 17.1 Å². The Hall–Kier alpha value is -2.07. The number of nitrogens with zero attached hydrogens (tertiary/aromatic N) is 3. The minimum Gasteiger partial charge on any atom is -0.369 e. The number of benzene rings is 1. The predicted molar refractivity (Wildman–Crippen MR) is 107 cm³/mol. The molecular weight excluding hydrogens is 368 g/mol. The number of thiophene rings is 1. The molecule has 0 spiro atoms. The van der Waals surface area contributed by atoms with Crippen molar-refractivity contribution in [3.05, 3.63) is 45.3 Å². The molecule has 3 rings (SSSR count). The second-order valence-electron chi connectivity index (χ2n) is 6.39. The number of nitrogens with one attached hydrogen (secondary N) is 1. The normalized spacial score (nSPS) is 14.9. The Labute approximate surface area is 162 Å². The maximum absolute atomic E-state index is 12.4. The topological polar surface area (TPSA) is 59.4 Å². The third-order valence-corrected chi connectivity index (χ3v) is 6.02. The molecule has 7 heteroatoms. The number of carbonyl (C=O) groups is 1. The third kappa shape index (κ3) is 4.18. The van der Waals surface area contributed by atoms with E-state index in [4.69, 9.17) is 11.6 Å². The van der Waals surface area contributed by atoms with Crippen LogP contribution in [0.1, 0.15) is 16.0 Å². The van der Waals surface area contributed by atoms with Gasteiger partial charge in [0.25, 0.3) is 0 Å². The number of piperazine rings is 1. The molecule has 1 fully saturated rings. The van der Waals surface area contributed by atoms with E-state index in [0.717, 1.165) is 47.3 Å². The van der Waals surface area contributed by atoms with Gasteiger partial charge in [-0.25, -0.2) is 0 Å². The first-order chi connectivity index (χ1) is 12.5. The molecule has 0 unspecified atom stereocenters. The number of halogens is 1. The van der Waals surface area contributed by atoms with Crippen molar-refractivity contribution in [1.82, 2.24) is 4.90 Å². The van der Waals surface area contributed by atoms with Gasteiger partial charge in [-0.15, -0.1) is 11.3 Å². The van der Waals surface area contributed by atoms with Crippen molar-refractivity contribution in [3.63, 3.8) is 0 Å². The highest BCUT2D eigenvalue weighted by atomic mass is 35.5. The average Bonchev–Trinajstić information content (AvgIpc) is 2.88. The summed E-state index contributed by atoms with van der Waals surface area (Å²) in [7, 11) is 0. The number of anilines is 2. The lowest BCUT2D eigenvalue weighted by atomic mass is 10.2. The number of carbonyl (C=O) groups excluding carboxylic acids is 1. The highest BCUT2D eigenvalue weighted by Crippen LogP contribution is 2.31. The van der Waals surface area contributed by atoms with Crippen LogP contribution in [0.4, 0.5) is 10.7 Å². The smallest absolute Gasteiger partial charge is 0.239 e. The molecule has 136 valence electrons. The fraction of sp³-hybridized carbons (Fsp3) is 0.368. The molecule has 5 nitrogen and oxygen atoms in total. The molecule has 1 aromatic heterocycles. The molecule has 0 saturated carbocycles. The predicted octanol–water partition coefficient (Wildman–Crippen LogP) is 3.65. The Morgan fingerprint density at radius 3 is 2.69 bits per heavy atom. The van der Waals surface area contributed by atoms with E-state index in [2.05, 4.69) is 27.3 Å². The van der Waals surface area contributed by atoms with E-state index in [1.165, 1.54) is 11.3 Å². The van der Waals surface area contributed by atoms with Gasteiger partial charge in [0.1, 0.15) is 11.1 Å². The molecule has 1 aromatic carbocycles. The fourth-order valence-corrected chi connectivity index (χ4v) is 4.27. The summed E-state index contributed by atoms with van der Waals surface area (Å²) in [5.41, 5.74) is 2.64. The zero-order valence-electron chi connectivity index (χ0n) is 14.9. The van der Waals surface area contributed by atoms with Gasteiger partial charge < -0.3 is 10.2 Å². The number of nitriles is 1. The summed E-state index contributed by atoms with van der Waals surface area (Å²) in [5, 5.41) is 13.6. The molecule has 1 saturated heterocycles. The Morgan fingerprint density at radius 1 is 1.31 bits per heavy atom. The number of hydrogen-bond donors (Lipinski definition) is 1. The second kappa shape index (κ2) is 8.09. The lowest BCUT2D eigenvalue weighted by Gasteiger charge is -2.35. The van der Waals surface area contributed by atoms with Crippen molar-refractivity contribution >= 4 is 39.5 Å². The Balaban J connectivity index is 1.54. The van der Waals surface area contributed by atoms with Crippen molar-refractivity contribution in [2.45, 2.75) is 13.8 Å². The molecule has 0 atom stereocenters. The third-order valence-electron chi connectivity index (χ3n) is 4.66. The summed E-state index contributed by atoms with van der Waals surface area (Å²) in [6.07, 6.45) is 0. The van der Waals surface area contributed by atoms with Crippen LogP contribution < -0.4 is 10.2 Å². The zero-order chi connectivity index (χ0) is 18.7. The number of hydrogen-bond acceptors (Lipinski definition) is 5. The minimum absolute atomic E-state index is 0.0704. The van der Waals surface area contributed by atoms with Gasteiger partial charge in [0.2, 0.25) is 5.91 Å². The van der Waals surface area contributed by atoms with Crippen molar-refractivity contribution in [3.8, 4) is 6.07 Å². The summed E-state index contributed by atoms with van der Waals surface area (Å²) in [6.45, 7) is 7.55. The number of rotatable bonds is 4. The van der Waals surface area contributed by atoms with Gasteiger partial charge in [-0.05, 0) is 37.6 Å². The first-order valence-corrected chi connectivity index (χ1v) is 9.70. The van der Waals surface area contributed by atoms with Gasteiger partial charge >= 0.3 is 0 Å². The van der Waals surface area contributed by atoms with Gasteiger partial charge in [0, 0.05) is 41.8 Å². The largest absolute Gasteiger partial charge is 0.369 e. The second-order valence-corrected chi connectivity index (χ2v) is 8.05. The summed E-state index contributed by atoms with van der Waals surface area (Å²) >= 11 is 7.53. The van der Waals surface area contributed by atoms with Gasteiger partial charge in [0.15, 0.2) is 0 Å². The van der Waals surface area contributed by atoms with Crippen LogP contribution in [0.2, 0.25) is 5.02 Å². The monoisotopic (exact) mass is 388 g/mol. The van der Waals surface area contributed by atoms with E-state index in [1.807, 2.05) is 32.0 Å². The van der Waals surface area contributed by atoms with Crippen LogP contribution in [-0.4, -0.2) is 43.5 Å². The molecule has 1 aliphatic rings. The van der Waals surface area contributed by atoms with Crippen LogP contribution in [0.15, 0.2) is 24.3 Å². The average molecular weight is 389 g/mol. The number of amides is 1. The van der Waals surface area contributed by atoms with Crippen LogP contribution in [0, 0.1) is 25.2 Å². The van der Waals surface area contributed by atoms with Crippen molar-refractivity contribution in [2.24, 2.45) is 0 Å². The molecule has 0 radical (unpaired) electrons.